The molecule has 0 spiro atoms. The first-order valence-corrected chi connectivity index (χ1v) is 8.73. The number of aromatic nitrogens is 2. The number of carboxylic acid groups (broad SMARTS) is 1. The number of nitrogens with one attached hydrogen (secondary N) is 1. The van der Waals surface area contributed by atoms with Crippen LogP contribution in [0.15, 0.2) is 10.2 Å². The average molecular weight is 367 g/mol. The minimum absolute atomic E-state index is 0.0373. The molecular formula is C16H21N3O5S. The zero-order valence-corrected chi connectivity index (χ0v) is 15.2. The Morgan fingerprint density at radius 2 is 2.16 bits per heavy atom. The predicted octanol–water partition coefficient (Wildman–Crippen LogP) is 1.12. The summed E-state index contributed by atoms with van der Waals surface area (Å²) in [6.07, 6.45) is 0.347. The van der Waals surface area contributed by atoms with Crippen molar-refractivity contribution in [2.24, 2.45) is 5.92 Å². The maximum absolute atomic E-state index is 12.8. The SMILES string of the molecule is COCCc1nc2scc(C(=O)O)c2c(=O)n1CC(=O)NCC(C)C. The summed E-state index contributed by atoms with van der Waals surface area (Å²) in [7, 11) is 1.53. The number of thiophene rings is 1. The first kappa shape index (κ1) is 19.1. The van der Waals surface area contributed by atoms with Gasteiger partial charge >= 0.3 is 5.97 Å². The number of methoxy groups -OCH3 is 1. The minimum atomic E-state index is -1.19. The number of carboxylic acids is 1. The first-order chi connectivity index (χ1) is 11.8. The molecule has 2 heterocycles. The van der Waals surface area contributed by atoms with Crippen LogP contribution in [0, 0.1) is 5.92 Å². The van der Waals surface area contributed by atoms with Crippen molar-refractivity contribution in [2.45, 2.75) is 26.8 Å². The molecule has 25 heavy (non-hydrogen) atoms. The van der Waals surface area contributed by atoms with Crippen LogP contribution in [0.4, 0.5) is 0 Å². The Hall–Kier alpha value is -2.26. The van der Waals surface area contributed by atoms with Gasteiger partial charge in [0, 0.05) is 25.5 Å². The van der Waals surface area contributed by atoms with Gasteiger partial charge in [0.05, 0.1) is 17.6 Å². The highest BCUT2D eigenvalue weighted by Crippen LogP contribution is 2.21. The monoisotopic (exact) mass is 367 g/mol. The molecule has 0 aliphatic heterocycles. The van der Waals surface area contributed by atoms with Gasteiger partial charge in [0.15, 0.2) is 0 Å². The second kappa shape index (κ2) is 8.21. The van der Waals surface area contributed by atoms with Gasteiger partial charge in [-0.3, -0.25) is 14.2 Å². The summed E-state index contributed by atoms with van der Waals surface area (Å²) in [6, 6.07) is 0. The van der Waals surface area contributed by atoms with Gasteiger partial charge in [0.1, 0.15) is 17.2 Å². The molecule has 0 bridgehead atoms. The Morgan fingerprint density at radius 1 is 1.44 bits per heavy atom. The molecule has 0 aromatic carbocycles. The van der Waals surface area contributed by atoms with Crippen molar-refractivity contribution in [3.63, 3.8) is 0 Å². The van der Waals surface area contributed by atoms with E-state index in [1.807, 2.05) is 13.8 Å². The zero-order chi connectivity index (χ0) is 18.6. The number of fused-ring (bicyclic) bond motifs is 1. The molecule has 9 heteroatoms. The molecular weight excluding hydrogens is 346 g/mol. The maximum Gasteiger partial charge on any atom is 0.337 e. The second-order valence-corrected chi connectivity index (χ2v) is 6.85. The van der Waals surface area contributed by atoms with Gasteiger partial charge in [-0.05, 0) is 5.92 Å². The lowest BCUT2D eigenvalue weighted by molar-refractivity contribution is -0.121. The molecule has 1 amide bonds. The Balaban J connectivity index is 2.47. The van der Waals surface area contributed by atoms with Crippen LogP contribution in [-0.4, -0.2) is 46.8 Å². The van der Waals surface area contributed by atoms with E-state index in [1.165, 1.54) is 17.1 Å². The molecule has 0 aliphatic carbocycles. The van der Waals surface area contributed by atoms with Crippen molar-refractivity contribution in [1.82, 2.24) is 14.9 Å². The second-order valence-electron chi connectivity index (χ2n) is 5.99. The van der Waals surface area contributed by atoms with Gasteiger partial charge in [-0.1, -0.05) is 13.8 Å². The number of nitrogens with zero attached hydrogens (tertiary/aromatic N) is 2. The van der Waals surface area contributed by atoms with E-state index in [1.54, 1.807) is 0 Å². The highest BCUT2D eigenvalue weighted by atomic mass is 32.1. The Kier molecular flexibility index (Phi) is 6.27. The average Bonchev–Trinajstić information content (AvgIpc) is 2.98. The Morgan fingerprint density at radius 3 is 2.76 bits per heavy atom. The summed E-state index contributed by atoms with van der Waals surface area (Å²) in [6.45, 7) is 4.56. The molecule has 0 atom stereocenters. The van der Waals surface area contributed by atoms with E-state index in [0.717, 1.165) is 11.3 Å². The summed E-state index contributed by atoms with van der Waals surface area (Å²) in [5.41, 5.74) is -0.610. The van der Waals surface area contributed by atoms with Crippen molar-refractivity contribution >= 4 is 33.4 Å². The number of rotatable bonds is 8. The van der Waals surface area contributed by atoms with Crippen LogP contribution in [0.3, 0.4) is 0 Å². The van der Waals surface area contributed by atoms with Crippen LogP contribution in [0.2, 0.25) is 0 Å². The molecule has 0 saturated carbocycles. The van der Waals surface area contributed by atoms with E-state index >= 15 is 0 Å². The van der Waals surface area contributed by atoms with Gasteiger partial charge in [-0.25, -0.2) is 9.78 Å². The molecule has 2 rings (SSSR count). The standard InChI is InChI=1S/C16H21N3O5S/c1-9(2)6-17-12(20)7-19-11(4-5-24-3)18-14-13(15(19)21)10(8-25-14)16(22)23/h8-9H,4-7H2,1-3H3,(H,17,20)(H,22,23). The Bertz CT molecular complexity index is 840. The van der Waals surface area contributed by atoms with Gasteiger partial charge in [-0.2, -0.15) is 0 Å². The number of carbonyl (C=O) groups is 2. The number of hydrogen-bond acceptors (Lipinski definition) is 6. The smallest absolute Gasteiger partial charge is 0.337 e. The van der Waals surface area contributed by atoms with Gasteiger partial charge in [-0.15, -0.1) is 11.3 Å². The summed E-state index contributed by atoms with van der Waals surface area (Å²) in [4.78, 5) is 41.0. The first-order valence-electron chi connectivity index (χ1n) is 7.85. The number of hydrogen-bond donors (Lipinski definition) is 2. The fourth-order valence-electron chi connectivity index (χ4n) is 2.29. The van der Waals surface area contributed by atoms with Crippen LogP contribution < -0.4 is 10.9 Å². The largest absolute Gasteiger partial charge is 0.478 e. The van der Waals surface area contributed by atoms with Gasteiger partial charge < -0.3 is 15.2 Å². The number of ether oxygens (including phenoxy) is 1. The van der Waals surface area contributed by atoms with E-state index in [2.05, 4.69) is 10.3 Å². The Labute approximate surface area is 148 Å². The molecule has 2 N–H and O–H groups in total. The third-order valence-electron chi connectivity index (χ3n) is 3.54. The third-order valence-corrected chi connectivity index (χ3v) is 4.41. The topological polar surface area (TPSA) is 111 Å². The normalized spacial score (nSPS) is 11.2. The van der Waals surface area contributed by atoms with E-state index in [-0.39, 0.29) is 29.3 Å². The molecule has 136 valence electrons. The highest BCUT2D eigenvalue weighted by molar-refractivity contribution is 7.17. The predicted molar refractivity (Wildman–Crippen MR) is 94.3 cm³/mol. The van der Waals surface area contributed by atoms with Crippen molar-refractivity contribution in [1.29, 1.82) is 0 Å². The lowest BCUT2D eigenvalue weighted by Gasteiger charge is -2.13. The van der Waals surface area contributed by atoms with Crippen LogP contribution in [0.25, 0.3) is 10.2 Å². The molecule has 0 unspecified atom stereocenters. The van der Waals surface area contributed by atoms with E-state index in [9.17, 15) is 19.5 Å². The molecule has 2 aromatic rings. The summed E-state index contributed by atoms with van der Waals surface area (Å²) in [5, 5.41) is 13.4. The van der Waals surface area contributed by atoms with Crippen molar-refractivity contribution in [2.75, 3.05) is 20.3 Å². The molecule has 0 aliphatic rings. The molecule has 0 saturated heterocycles. The van der Waals surface area contributed by atoms with Crippen molar-refractivity contribution in [3.8, 4) is 0 Å². The van der Waals surface area contributed by atoms with Crippen LogP contribution in [0.5, 0.6) is 0 Å². The van der Waals surface area contributed by atoms with E-state index in [0.29, 0.717) is 30.2 Å². The van der Waals surface area contributed by atoms with E-state index < -0.39 is 11.5 Å². The lowest BCUT2D eigenvalue weighted by atomic mass is 10.2. The number of amides is 1. The number of carbonyl (C=O) groups excluding carboxylic acids is 1. The number of aromatic carboxylic acids is 1. The third kappa shape index (κ3) is 4.43. The molecule has 0 radical (unpaired) electrons. The fourth-order valence-corrected chi connectivity index (χ4v) is 3.21. The van der Waals surface area contributed by atoms with Gasteiger partial charge in [0.25, 0.3) is 5.56 Å². The maximum atomic E-state index is 12.8. The quantitative estimate of drug-likeness (QED) is 0.723. The van der Waals surface area contributed by atoms with Crippen molar-refractivity contribution < 1.29 is 19.4 Å². The molecule has 2 aromatic heterocycles. The van der Waals surface area contributed by atoms with Crippen molar-refractivity contribution in [3.05, 3.63) is 27.1 Å². The van der Waals surface area contributed by atoms with Gasteiger partial charge in [0.2, 0.25) is 5.91 Å². The minimum Gasteiger partial charge on any atom is -0.478 e. The highest BCUT2D eigenvalue weighted by Gasteiger charge is 2.20. The zero-order valence-electron chi connectivity index (χ0n) is 14.4. The molecule has 0 fully saturated rings. The summed E-state index contributed by atoms with van der Waals surface area (Å²) in [5.74, 6) is -0.823. The van der Waals surface area contributed by atoms with E-state index in [4.69, 9.17) is 4.74 Å². The van der Waals surface area contributed by atoms with Crippen LogP contribution >= 0.6 is 11.3 Å². The van der Waals surface area contributed by atoms with Crippen LogP contribution in [0.1, 0.15) is 30.0 Å². The lowest BCUT2D eigenvalue weighted by Crippen LogP contribution is -2.36. The summed E-state index contributed by atoms with van der Waals surface area (Å²) < 4.78 is 6.27. The van der Waals surface area contributed by atoms with Crippen LogP contribution in [-0.2, 0) is 22.5 Å². The summed E-state index contributed by atoms with van der Waals surface area (Å²) >= 11 is 1.10. The fraction of sp³-hybridized carbons (Fsp3) is 0.500. The molecule has 8 nitrogen and oxygen atoms in total.